The molecule has 2 N–H and O–H groups in total. The molecule has 0 saturated heterocycles. The molecule has 0 atom stereocenters. The first-order valence-corrected chi connectivity index (χ1v) is 6.89. The zero-order chi connectivity index (χ0) is 14.4. The van der Waals surface area contributed by atoms with Crippen LogP contribution in [0.5, 0.6) is 0 Å². The number of hydrogen-bond donors (Lipinski definition) is 2. The van der Waals surface area contributed by atoms with Gasteiger partial charge in [-0.25, -0.2) is 0 Å². The van der Waals surface area contributed by atoms with Gasteiger partial charge in [-0.05, 0) is 34.1 Å². The van der Waals surface area contributed by atoms with E-state index in [0.29, 0.717) is 5.69 Å². The van der Waals surface area contributed by atoms with Crippen molar-refractivity contribution in [1.82, 2.24) is 0 Å². The molecule has 0 saturated carbocycles. The predicted molar refractivity (Wildman–Crippen MR) is 78.4 cm³/mol. The lowest BCUT2D eigenvalue weighted by molar-refractivity contribution is -0.114. The summed E-state index contributed by atoms with van der Waals surface area (Å²) in [5.41, 5.74) is 0.912. The second kappa shape index (κ2) is 7.47. The maximum absolute atomic E-state index is 11.3. The molecule has 2 amide bonds. The van der Waals surface area contributed by atoms with Crippen LogP contribution >= 0.6 is 39.1 Å². The van der Waals surface area contributed by atoms with E-state index in [0.717, 1.165) is 0 Å². The summed E-state index contributed by atoms with van der Waals surface area (Å²) in [6.45, 7) is 0. The number of hydrogen-bond acceptors (Lipinski definition) is 3. The Morgan fingerprint density at radius 1 is 1.05 bits per heavy atom. The maximum Gasteiger partial charge on any atom is 0.239 e. The molecule has 0 aliphatic heterocycles. The Bertz CT molecular complexity index is 523. The Morgan fingerprint density at radius 2 is 1.63 bits per heavy atom. The van der Waals surface area contributed by atoms with E-state index in [1.54, 1.807) is 0 Å². The third-order valence-electron chi connectivity index (χ3n) is 2.03. The van der Waals surface area contributed by atoms with Crippen LogP contribution in [-0.2, 0) is 9.59 Å². The van der Waals surface area contributed by atoms with Gasteiger partial charge in [-0.1, -0.05) is 0 Å². The lowest BCUT2D eigenvalue weighted by Gasteiger charge is -2.10. The summed E-state index contributed by atoms with van der Waals surface area (Å²) in [6.07, 6.45) is 0. The number of anilines is 2. The van der Waals surface area contributed by atoms with Crippen LogP contribution in [0.4, 0.5) is 11.4 Å². The molecule has 8 heteroatoms. The number of nitrogens with one attached hydrogen (secondary N) is 2. The van der Waals surface area contributed by atoms with E-state index in [1.807, 2.05) is 0 Å². The normalized spacial score (nSPS) is 9.84. The highest BCUT2D eigenvalue weighted by Crippen LogP contribution is 2.23. The molecule has 0 aliphatic rings. The van der Waals surface area contributed by atoms with Crippen LogP contribution in [0.2, 0.25) is 0 Å². The summed E-state index contributed by atoms with van der Waals surface area (Å²) in [7, 11) is 0. The summed E-state index contributed by atoms with van der Waals surface area (Å²) >= 11 is 13.6. The van der Waals surface area contributed by atoms with Crippen LogP contribution in [0, 0.1) is 0 Å². The highest BCUT2D eigenvalue weighted by Gasteiger charge is 2.12. The van der Waals surface area contributed by atoms with Crippen molar-refractivity contribution in [3.05, 3.63) is 23.8 Å². The van der Waals surface area contributed by atoms with E-state index in [9.17, 15) is 14.4 Å². The summed E-state index contributed by atoms with van der Waals surface area (Å²) < 4.78 is -0.396. The number of amides is 2. The number of benzene rings is 1. The molecular formula is C11H9BrCl2N2O3. The fourth-order valence-corrected chi connectivity index (χ4v) is 1.75. The van der Waals surface area contributed by atoms with Crippen molar-refractivity contribution in [2.24, 2.45) is 0 Å². The van der Waals surface area contributed by atoms with Crippen molar-refractivity contribution in [1.29, 1.82) is 0 Å². The van der Waals surface area contributed by atoms with E-state index >= 15 is 0 Å². The van der Waals surface area contributed by atoms with E-state index in [-0.39, 0.29) is 23.0 Å². The fourth-order valence-electron chi connectivity index (χ4n) is 1.27. The summed E-state index contributed by atoms with van der Waals surface area (Å²) in [5, 5.41) is 4.97. The number of carbonyl (C=O) groups is 3. The first kappa shape index (κ1) is 15.9. The standard InChI is InChI=1S/C11H9BrCl2N2O3/c12-11(19)7-2-1-6(15-9(17)4-13)3-8(7)16-10(18)5-14/h1-3H,4-5H2,(H,15,17)(H,16,18). The minimum Gasteiger partial charge on any atom is -0.325 e. The van der Waals surface area contributed by atoms with Gasteiger partial charge in [0.05, 0.1) is 11.3 Å². The molecule has 0 aliphatic carbocycles. The molecule has 19 heavy (non-hydrogen) atoms. The average Bonchev–Trinajstić information content (AvgIpc) is 2.38. The molecule has 0 unspecified atom stereocenters. The maximum atomic E-state index is 11.3. The number of carbonyl (C=O) groups excluding carboxylic acids is 3. The van der Waals surface area contributed by atoms with Crippen LogP contribution in [0.3, 0.4) is 0 Å². The van der Waals surface area contributed by atoms with Crippen LogP contribution in [0.1, 0.15) is 10.4 Å². The van der Waals surface area contributed by atoms with Gasteiger partial charge < -0.3 is 10.6 Å². The SMILES string of the molecule is O=C(CCl)Nc1ccc(C(=O)Br)c(NC(=O)CCl)c1. The van der Waals surface area contributed by atoms with E-state index in [2.05, 4.69) is 26.6 Å². The van der Waals surface area contributed by atoms with Crippen molar-refractivity contribution < 1.29 is 14.4 Å². The topological polar surface area (TPSA) is 75.3 Å². The van der Waals surface area contributed by atoms with Crippen LogP contribution in [0.15, 0.2) is 18.2 Å². The first-order valence-electron chi connectivity index (χ1n) is 5.03. The van der Waals surface area contributed by atoms with Gasteiger partial charge in [0, 0.05) is 5.69 Å². The Labute approximate surface area is 127 Å². The molecule has 0 spiro atoms. The second-order valence-corrected chi connectivity index (χ2v) is 4.65. The lowest BCUT2D eigenvalue weighted by Crippen LogP contribution is -2.16. The molecule has 0 radical (unpaired) electrons. The Balaban J connectivity index is 3.07. The monoisotopic (exact) mass is 366 g/mol. The van der Waals surface area contributed by atoms with Crippen molar-refractivity contribution in [3.63, 3.8) is 0 Å². The predicted octanol–water partition coefficient (Wildman–Crippen LogP) is 2.58. The van der Waals surface area contributed by atoms with Crippen molar-refractivity contribution in [3.8, 4) is 0 Å². The van der Waals surface area contributed by atoms with Gasteiger partial charge in [-0.2, -0.15) is 0 Å². The number of rotatable bonds is 5. The average molecular weight is 368 g/mol. The second-order valence-electron chi connectivity index (χ2n) is 3.40. The minimum absolute atomic E-state index is 0.192. The number of halogens is 3. The molecule has 0 bridgehead atoms. The minimum atomic E-state index is -0.461. The highest BCUT2D eigenvalue weighted by atomic mass is 79.9. The van der Waals surface area contributed by atoms with Crippen LogP contribution < -0.4 is 10.6 Å². The van der Waals surface area contributed by atoms with Gasteiger partial charge >= 0.3 is 0 Å². The molecule has 5 nitrogen and oxygen atoms in total. The van der Waals surface area contributed by atoms with Crippen LogP contribution in [-0.4, -0.2) is 28.3 Å². The zero-order valence-corrected chi connectivity index (χ0v) is 12.6. The molecule has 0 fully saturated rings. The third-order valence-corrected chi connectivity index (χ3v) is 2.94. The zero-order valence-electron chi connectivity index (χ0n) is 9.50. The Morgan fingerprint density at radius 3 is 2.16 bits per heavy atom. The van der Waals surface area contributed by atoms with Crippen molar-refractivity contribution >= 4 is 67.0 Å². The van der Waals surface area contributed by atoms with E-state index < -0.39 is 16.5 Å². The van der Waals surface area contributed by atoms with Crippen LogP contribution in [0.25, 0.3) is 0 Å². The van der Waals surface area contributed by atoms with Gasteiger partial charge in [-0.3, -0.25) is 14.4 Å². The Hall–Kier alpha value is -1.11. The smallest absolute Gasteiger partial charge is 0.239 e. The number of alkyl halides is 2. The van der Waals surface area contributed by atoms with Gasteiger partial charge in [0.2, 0.25) is 16.5 Å². The van der Waals surface area contributed by atoms with Crippen molar-refractivity contribution in [2.75, 3.05) is 22.4 Å². The quantitative estimate of drug-likeness (QED) is 0.620. The van der Waals surface area contributed by atoms with Gasteiger partial charge in [-0.15, -0.1) is 23.2 Å². The highest BCUT2D eigenvalue weighted by molar-refractivity contribution is 9.18. The van der Waals surface area contributed by atoms with Gasteiger partial charge in [0.15, 0.2) is 0 Å². The van der Waals surface area contributed by atoms with Gasteiger partial charge in [0.1, 0.15) is 11.8 Å². The molecule has 102 valence electrons. The molecule has 1 aromatic carbocycles. The first-order chi connectivity index (χ1) is 8.97. The lowest BCUT2D eigenvalue weighted by atomic mass is 10.1. The molecule has 1 rings (SSSR count). The van der Waals surface area contributed by atoms with Gasteiger partial charge in [0.25, 0.3) is 0 Å². The van der Waals surface area contributed by atoms with Crippen molar-refractivity contribution in [2.45, 2.75) is 0 Å². The Kier molecular flexibility index (Phi) is 6.27. The molecule has 0 aromatic heterocycles. The summed E-state index contributed by atoms with van der Waals surface area (Å²) in [6, 6.07) is 4.43. The fraction of sp³-hybridized carbons (Fsp3) is 0.182. The molecule has 0 heterocycles. The summed E-state index contributed by atoms with van der Waals surface area (Å²) in [4.78, 5) is 33.8. The largest absolute Gasteiger partial charge is 0.325 e. The van der Waals surface area contributed by atoms with E-state index in [4.69, 9.17) is 23.2 Å². The molecular weight excluding hydrogens is 359 g/mol. The molecule has 1 aromatic rings. The summed E-state index contributed by atoms with van der Waals surface area (Å²) in [5.74, 6) is -1.29. The van der Waals surface area contributed by atoms with E-state index in [1.165, 1.54) is 18.2 Å². The third kappa shape index (κ3) is 4.81.